The summed E-state index contributed by atoms with van der Waals surface area (Å²) in [6, 6.07) is 8.10. The summed E-state index contributed by atoms with van der Waals surface area (Å²) in [6.45, 7) is 1.55. The molecule has 0 spiro atoms. The number of anilines is 2. The number of nitrogens with one attached hydrogen (secondary N) is 2. The van der Waals surface area contributed by atoms with E-state index in [1.807, 2.05) is 31.3 Å². The Hall–Kier alpha value is -1.22. The Balaban J connectivity index is 2.54. The van der Waals surface area contributed by atoms with Gasteiger partial charge in [-0.15, -0.1) is 0 Å². The zero-order valence-corrected chi connectivity index (χ0v) is 8.13. The van der Waals surface area contributed by atoms with Crippen molar-refractivity contribution in [2.24, 2.45) is 0 Å². The normalized spacial score (nSPS) is 9.69. The Morgan fingerprint density at radius 3 is 2.54 bits per heavy atom. The number of para-hydroxylation sites is 2. The highest BCUT2D eigenvalue weighted by molar-refractivity contribution is 5.68. The van der Waals surface area contributed by atoms with E-state index in [0.717, 1.165) is 24.5 Å². The molecule has 1 rings (SSSR count). The molecule has 0 aliphatic carbocycles. The summed E-state index contributed by atoms with van der Waals surface area (Å²) in [4.78, 5) is 0. The maximum atomic E-state index is 4.95. The van der Waals surface area contributed by atoms with E-state index in [2.05, 4.69) is 10.6 Å². The Kier molecular flexibility index (Phi) is 4.12. The van der Waals surface area contributed by atoms with Gasteiger partial charge in [-0.2, -0.15) is 0 Å². The lowest BCUT2D eigenvalue weighted by Crippen LogP contribution is -2.08. The molecule has 0 fully saturated rings. The van der Waals surface area contributed by atoms with Crippen LogP contribution < -0.4 is 10.6 Å². The molecule has 13 heavy (non-hydrogen) atoms. The molecule has 1 aromatic carbocycles. The average molecular weight is 180 g/mol. The quantitative estimate of drug-likeness (QED) is 0.678. The minimum absolute atomic E-state index is 0.720. The predicted octanol–water partition coefficient (Wildman–Crippen LogP) is 1.79. The molecule has 0 saturated heterocycles. The Bertz CT molecular complexity index is 250. The van der Waals surface area contributed by atoms with Crippen LogP contribution in [0.4, 0.5) is 11.4 Å². The number of rotatable bonds is 5. The van der Waals surface area contributed by atoms with Crippen LogP contribution in [0.1, 0.15) is 0 Å². The van der Waals surface area contributed by atoms with Crippen molar-refractivity contribution < 1.29 is 4.74 Å². The van der Waals surface area contributed by atoms with Crippen molar-refractivity contribution in [1.82, 2.24) is 0 Å². The number of methoxy groups -OCH3 is 1. The van der Waals surface area contributed by atoms with Crippen molar-refractivity contribution in [1.29, 1.82) is 0 Å². The molecule has 0 unspecified atom stereocenters. The largest absolute Gasteiger partial charge is 0.386 e. The van der Waals surface area contributed by atoms with Crippen molar-refractivity contribution in [3.8, 4) is 0 Å². The van der Waals surface area contributed by atoms with Gasteiger partial charge in [0, 0.05) is 20.7 Å². The topological polar surface area (TPSA) is 33.3 Å². The van der Waals surface area contributed by atoms with Crippen molar-refractivity contribution in [2.75, 3.05) is 37.9 Å². The van der Waals surface area contributed by atoms with E-state index < -0.39 is 0 Å². The molecule has 3 heteroatoms. The van der Waals surface area contributed by atoms with Crippen molar-refractivity contribution in [3.05, 3.63) is 24.3 Å². The first-order valence-electron chi connectivity index (χ1n) is 4.38. The molecule has 2 N–H and O–H groups in total. The highest BCUT2D eigenvalue weighted by Gasteiger charge is 1.96. The van der Waals surface area contributed by atoms with E-state index >= 15 is 0 Å². The van der Waals surface area contributed by atoms with Crippen LogP contribution in [0.3, 0.4) is 0 Å². The van der Waals surface area contributed by atoms with Crippen LogP contribution in [0.15, 0.2) is 24.3 Å². The fraction of sp³-hybridized carbons (Fsp3) is 0.400. The van der Waals surface area contributed by atoms with E-state index in [-0.39, 0.29) is 0 Å². The first-order chi connectivity index (χ1) is 6.38. The molecule has 0 bridgehead atoms. The van der Waals surface area contributed by atoms with Crippen LogP contribution in [-0.4, -0.2) is 27.3 Å². The Morgan fingerprint density at radius 2 is 1.92 bits per heavy atom. The maximum absolute atomic E-state index is 4.95. The predicted molar refractivity (Wildman–Crippen MR) is 56.4 cm³/mol. The van der Waals surface area contributed by atoms with Crippen LogP contribution in [0.5, 0.6) is 0 Å². The molecule has 1 aromatic rings. The Labute approximate surface area is 79.1 Å². The molecular formula is C10H16N2O. The fourth-order valence-corrected chi connectivity index (χ4v) is 1.14. The third-order valence-electron chi connectivity index (χ3n) is 1.82. The third-order valence-corrected chi connectivity index (χ3v) is 1.82. The smallest absolute Gasteiger partial charge is 0.0635 e. The lowest BCUT2D eigenvalue weighted by Gasteiger charge is -2.10. The van der Waals surface area contributed by atoms with Gasteiger partial charge in [0.05, 0.1) is 18.0 Å². The Morgan fingerprint density at radius 1 is 1.23 bits per heavy atom. The summed E-state index contributed by atoms with van der Waals surface area (Å²) < 4.78 is 4.95. The number of hydrogen-bond donors (Lipinski definition) is 2. The zero-order valence-electron chi connectivity index (χ0n) is 8.13. The average Bonchev–Trinajstić information content (AvgIpc) is 2.19. The van der Waals surface area contributed by atoms with Crippen molar-refractivity contribution in [2.45, 2.75) is 0 Å². The van der Waals surface area contributed by atoms with Crippen molar-refractivity contribution >= 4 is 11.4 Å². The summed E-state index contributed by atoms with van der Waals surface area (Å²) in [5, 5.41) is 6.40. The van der Waals surface area contributed by atoms with E-state index in [0.29, 0.717) is 0 Å². The number of hydrogen-bond acceptors (Lipinski definition) is 3. The van der Waals surface area contributed by atoms with Gasteiger partial charge in [0.1, 0.15) is 0 Å². The third kappa shape index (κ3) is 2.95. The highest BCUT2D eigenvalue weighted by Crippen LogP contribution is 2.19. The minimum Gasteiger partial charge on any atom is -0.386 e. The summed E-state index contributed by atoms with van der Waals surface area (Å²) in [5.74, 6) is 0. The molecular weight excluding hydrogens is 164 g/mol. The molecule has 0 aliphatic heterocycles. The number of benzene rings is 1. The van der Waals surface area contributed by atoms with Crippen LogP contribution in [0, 0.1) is 0 Å². The molecule has 3 nitrogen and oxygen atoms in total. The zero-order chi connectivity index (χ0) is 9.52. The van der Waals surface area contributed by atoms with Gasteiger partial charge in [-0.05, 0) is 12.1 Å². The monoisotopic (exact) mass is 180 g/mol. The van der Waals surface area contributed by atoms with Gasteiger partial charge in [0.2, 0.25) is 0 Å². The van der Waals surface area contributed by atoms with Gasteiger partial charge >= 0.3 is 0 Å². The second-order valence-corrected chi connectivity index (χ2v) is 2.72. The molecule has 0 amide bonds. The summed E-state index contributed by atoms with van der Waals surface area (Å²) in [7, 11) is 3.61. The van der Waals surface area contributed by atoms with E-state index in [1.165, 1.54) is 0 Å². The minimum atomic E-state index is 0.720. The highest BCUT2D eigenvalue weighted by atomic mass is 16.5. The summed E-state index contributed by atoms with van der Waals surface area (Å²) >= 11 is 0. The van der Waals surface area contributed by atoms with Gasteiger partial charge < -0.3 is 15.4 Å². The van der Waals surface area contributed by atoms with Crippen LogP contribution in [0.2, 0.25) is 0 Å². The van der Waals surface area contributed by atoms with Crippen LogP contribution in [0.25, 0.3) is 0 Å². The first kappa shape index (κ1) is 9.86. The second kappa shape index (κ2) is 5.43. The molecule has 0 aromatic heterocycles. The lowest BCUT2D eigenvalue weighted by molar-refractivity contribution is 0.211. The molecule has 0 saturated carbocycles. The van der Waals surface area contributed by atoms with E-state index in [1.54, 1.807) is 7.11 Å². The maximum Gasteiger partial charge on any atom is 0.0635 e. The van der Waals surface area contributed by atoms with Gasteiger partial charge in [0.25, 0.3) is 0 Å². The fourth-order valence-electron chi connectivity index (χ4n) is 1.14. The lowest BCUT2D eigenvalue weighted by atomic mass is 10.2. The van der Waals surface area contributed by atoms with Gasteiger partial charge in [-0.25, -0.2) is 0 Å². The van der Waals surface area contributed by atoms with Gasteiger partial charge in [-0.1, -0.05) is 12.1 Å². The van der Waals surface area contributed by atoms with Crippen molar-refractivity contribution in [3.63, 3.8) is 0 Å². The SMILES string of the molecule is CNc1ccccc1NCCOC. The van der Waals surface area contributed by atoms with Crippen LogP contribution >= 0.6 is 0 Å². The second-order valence-electron chi connectivity index (χ2n) is 2.72. The molecule has 0 aliphatic rings. The molecule has 0 atom stereocenters. The van der Waals surface area contributed by atoms with Crippen LogP contribution in [-0.2, 0) is 4.74 Å². The molecule has 72 valence electrons. The molecule has 0 heterocycles. The molecule has 0 radical (unpaired) electrons. The number of ether oxygens (including phenoxy) is 1. The first-order valence-corrected chi connectivity index (χ1v) is 4.38. The summed E-state index contributed by atoms with van der Waals surface area (Å²) in [6.07, 6.45) is 0. The summed E-state index contributed by atoms with van der Waals surface area (Å²) in [5.41, 5.74) is 2.22. The van der Waals surface area contributed by atoms with E-state index in [9.17, 15) is 0 Å². The van der Waals surface area contributed by atoms with Gasteiger partial charge in [-0.3, -0.25) is 0 Å². The van der Waals surface area contributed by atoms with E-state index in [4.69, 9.17) is 4.74 Å². The standard InChI is InChI=1S/C10H16N2O/c1-11-9-5-3-4-6-10(9)12-7-8-13-2/h3-6,11-12H,7-8H2,1-2H3. The van der Waals surface area contributed by atoms with Gasteiger partial charge in [0.15, 0.2) is 0 Å².